The Morgan fingerprint density at radius 1 is 1.08 bits per heavy atom. The lowest BCUT2D eigenvalue weighted by atomic mass is 9.87. The topological polar surface area (TPSA) is 3.24 Å². The van der Waals surface area contributed by atoms with Crippen LogP contribution in [-0.4, -0.2) is 24.5 Å². The maximum atomic E-state index is 2.45. The SMILES string of the molecule is CC(C)CN(C)[C@H](C)C(C)(C)C. The minimum Gasteiger partial charge on any atom is -0.303 e. The van der Waals surface area contributed by atoms with E-state index in [-0.39, 0.29) is 0 Å². The van der Waals surface area contributed by atoms with Crippen molar-refractivity contribution in [3.8, 4) is 0 Å². The van der Waals surface area contributed by atoms with Crippen LogP contribution < -0.4 is 0 Å². The molecule has 0 aliphatic carbocycles. The van der Waals surface area contributed by atoms with E-state index in [0.29, 0.717) is 11.5 Å². The van der Waals surface area contributed by atoms with Crippen LogP contribution in [0.2, 0.25) is 0 Å². The van der Waals surface area contributed by atoms with E-state index in [9.17, 15) is 0 Å². The van der Waals surface area contributed by atoms with Crippen LogP contribution >= 0.6 is 0 Å². The summed E-state index contributed by atoms with van der Waals surface area (Å²) >= 11 is 0. The van der Waals surface area contributed by atoms with E-state index < -0.39 is 0 Å². The highest BCUT2D eigenvalue weighted by molar-refractivity contribution is 4.77. The highest BCUT2D eigenvalue weighted by Crippen LogP contribution is 2.23. The minimum atomic E-state index is 0.393. The van der Waals surface area contributed by atoms with Crippen LogP contribution in [0.5, 0.6) is 0 Å². The normalized spacial score (nSPS) is 15.8. The number of hydrogen-bond acceptors (Lipinski definition) is 1. The van der Waals surface area contributed by atoms with Crippen LogP contribution in [0.4, 0.5) is 0 Å². The third-order valence-electron chi connectivity index (χ3n) is 2.57. The van der Waals surface area contributed by atoms with Gasteiger partial charge in [-0.05, 0) is 25.3 Å². The molecule has 0 fully saturated rings. The largest absolute Gasteiger partial charge is 0.303 e. The molecule has 0 aromatic rings. The predicted octanol–water partition coefficient (Wildman–Crippen LogP) is 3.01. The Bertz CT molecular complexity index is 121. The Labute approximate surface area is 78.1 Å². The smallest absolute Gasteiger partial charge is 0.0112 e. The molecule has 0 N–H and O–H groups in total. The standard InChI is InChI=1S/C11H25N/c1-9(2)8-12(7)10(3)11(4,5)6/h9-10H,8H2,1-7H3/t10-/m1/s1. The molecule has 0 aliphatic heterocycles. The van der Waals surface area contributed by atoms with Gasteiger partial charge in [0, 0.05) is 12.6 Å². The van der Waals surface area contributed by atoms with Crippen LogP contribution in [0.25, 0.3) is 0 Å². The zero-order valence-electron chi connectivity index (χ0n) is 9.81. The quantitative estimate of drug-likeness (QED) is 0.631. The van der Waals surface area contributed by atoms with E-state index in [1.165, 1.54) is 6.54 Å². The Kier molecular flexibility index (Phi) is 4.25. The average Bonchev–Trinajstić information content (AvgIpc) is 1.82. The van der Waals surface area contributed by atoms with Crippen LogP contribution in [0.3, 0.4) is 0 Å². The van der Waals surface area contributed by atoms with Crippen molar-refractivity contribution in [2.75, 3.05) is 13.6 Å². The molecule has 0 rings (SSSR count). The summed E-state index contributed by atoms with van der Waals surface area (Å²) in [7, 11) is 2.22. The third-order valence-corrected chi connectivity index (χ3v) is 2.57. The molecule has 0 radical (unpaired) electrons. The van der Waals surface area contributed by atoms with Crippen molar-refractivity contribution in [2.45, 2.75) is 47.6 Å². The van der Waals surface area contributed by atoms with Crippen molar-refractivity contribution >= 4 is 0 Å². The van der Waals surface area contributed by atoms with Gasteiger partial charge in [-0.2, -0.15) is 0 Å². The molecule has 0 bridgehead atoms. The number of nitrogens with zero attached hydrogens (tertiary/aromatic N) is 1. The zero-order chi connectivity index (χ0) is 9.94. The van der Waals surface area contributed by atoms with Gasteiger partial charge >= 0.3 is 0 Å². The summed E-state index contributed by atoms with van der Waals surface area (Å²) in [6.45, 7) is 14.9. The molecule has 0 aromatic heterocycles. The van der Waals surface area contributed by atoms with E-state index in [0.717, 1.165) is 5.92 Å². The molecule has 0 amide bonds. The fourth-order valence-corrected chi connectivity index (χ4v) is 1.40. The van der Waals surface area contributed by atoms with Gasteiger partial charge in [0.2, 0.25) is 0 Å². The first-order valence-corrected chi connectivity index (χ1v) is 4.95. The maximum absolute atomic E-state index is 2.45. The molecular weight excluding hydrogens is 146 g/mol. The molecule has 74 valence electrons. The van der Waals surface area contributed by atoms with E-state index in [1.54, 1.807) is 0 Å². The van der Waals surface area contributed by atoms with Gasteiger partial charge in [0.25, 0.3) is 0 Å². The monoisotopic (exact) mass is 171 g/mol. The molecule has 0 unspecified atom stereocenters. The van der Waals surface area contributed by atoms with Crippen molar-refractivity contribution in [2.24, 2.45) is 11.3 Å². The summed E-state index contributed by atoms with van der Waals surface area (Å²) in [5.41, 5.74) is 0.393. The maximum Gasteiger partial charge on any atom is 0.0112 e. The van der Waals surface area contributed by atoms with E-state index in [2.05, 4.69) is 53.5 Å². The van der Waals surface area contributed by atoms with E-state index >= 15 is 0 Å². The first-order chi connectivity index (χ1) is 5.25. The lowest BCUT2D eigenvalue weighted by Gasteiger charge is -2.36. The van der Waals surface area contributed by atoms with E-state index in [4.69, 9.17) is 0 Å². The van der Waals surface area contributed by atoms with Crippen molar-refractivity contribution in [3.63, 3.8) is 0 Å². The fraction of sp³-hybridized carbons (Fsp3) is 1.00. The van der Waals surface area contributed by atoms with E-state index in [1.807, 2.05) is 0 Å². The Hall–Kier alpha value is -0.0400. The van der Waals surface area contributed by atoms with Gasteiger partial charge < -0.3 is 4.90 Å². The first-order valence-electron chi connectivity index (χ1n) is 4.95. The second kappa shape index (κ2) is 4.27. The molecule has 0 saturated carbocycles. The lowest BCUT2D eigenvalue weighted by Crippen LogP contribution is -2.41. The van der Waals surface area contributed by atoms with Crippen molar-refractivity contribution in [3.05, 3.63) is 0 Å². The molecule has 1 nitrogen and oxygen atoms in total. The molecule has 1 atom stereocenters. The highest BCUT2D eigenvalue weighted by Gasteiger charge is 2.23. The molecule has 12 heavy (non-hydrogen) atoms. The van der Waals surface area contributed by atoms with Gasteiger partial charge in [0.1, 0.15) is 0 Å². The molecular formula is C11H25N. The minimum absolute atomic E-state index is 0.393. The summed E-state index contributed by atoms with van der Waals surface area (Å²) in [5, 5.41) is 0. The van der Waals surface area contributed by atoms with Gasteiger partial charge in [0.15, 0.2) is 0 Å². The van der Waals surface area contributed by atoms with Gasteiger partial charge in [-0.1, -0.05) is 34.6 Å². The van der Waals surface area contributed by atoms with Crippen LogP contribution in [0.1, 0.15) is 41.5 Å². The predicted molar refractivity (Wildman–Crippen MR) is 56.4 cm³/mol. The first kappa shape index (κ1) is 12.0. The Morgan fingerprint density at radius 2 is 1.50 bits per heavy atom. The summed E-state index contributed by atoms with van der Waals surface area (Å²) in [4.78, 5) is 2.45. The highest BCUT2D eigenvalue weighted by atomic mass is 15.1. The summed E-state index contributed by atoms with van der Waals surface area (Å²) in [5.74, 6) is 0.764. The fourth-order valence-electron chi connectivity index (χ4n) is 1.40. The second-order valence-corrected chi connectivity index (χ2v) is 5.38. The summed E-state index contributed by atoms with van der Waals surface area (Å²) in [6.07, 6.45) is 0. The molecule has 0 aliphatic rings. The summed E-state index contributed by atoms with van der Waals surface area (Å²) in [6, 6.07) is 0.653. The van der Waals surface area contributed by atoms with Gasteiger partial charge in [-0.15, -0.1) is 0 Å². The van der Waals surface area contributed by atoms with Crippen LogP contribution in [0, 0.1) is 11.3 Å². The Balaban J connectivity index is 4.01. The Morgan fingerprint density at radius 3 is 1.75 bits per heavy atom. The van der Waals surface area contributed by atoms with Crippen LogP contribution in [0.15, 0.2) is 0 Å². The summed E-state index contributed by atoms with van der Waals surface area (Å²) < 4.78 is 0. The van der Waals surface area contributed by atoms with Crippen molar-refractivity contribution in [1.29, 1.82) is 0 Å². The molecule has 0 saturated heterocycles. The van der Waals surface area contributed by atoms with Crippen LogP contribution in [-0.2, 0) is 0 Å². The molecule has 0 heterocycles. The average molecular weight is 171 g/mol. The van der Waals surface area contributed by atoms with Gasteiger partial charge in [-0.3, -0.25) is 0 Å². The van der Waals surface area contributed by atoms with Gasteiger partial charge in [0.05, 0.1) is 0 Å². The molecule has 0 aromatic carbocycles. The van der Waals surface area contributed by atoms with Gasteiger partial charge in [-0.25, -0.2) is 0 Å². The lowest BCUT2D eigenvalue weighted by molar-refractivity contribution is 0.128. The number of hydrogen-bond donors (Lipinski definition) is 0. The second-order valence-electron chi connectivity index (χ2n) is 5.38. The van der Waals surface area contributed by atoms with Crippen molar-refractivity contribution in [1.82, 2.24) is 4.90 Å². The molecule has 1 heteroatoms. The number of rotatable bonds is 3. The zero-order valence-corrected chi connectivity index (χ0v) is 9.81. The molecule has 0 spiro atoms. The van der Waals surface area contributed by atoms with Crippen molar-refractivity contribution < 1.29 is 0 Å². The third kappa shape index (κ3) is 4.10.